The number of thiazole rings is 1. The molecular weight excluding hydrogens is 276 g/mol. The molecule has 0 aliphatic heterocycles. The van der Waals surface area contributed by atoms with Crippen molar-refractivity contribution < 1.29 is 4.79 Å². The van der Waals surface area contributed by atoms with Crippen LogP contribution in [0.2, 0.25) is 5.02 Å². The van der Waals surface area contributed by atoms with Gasteiger partial charge in [0.1, 0.15) is 0 Å². The summed E-state index contributed by atoms with van der Waals surface area (Å²) in [5.41, 5.74) is 2.79. The third-order valence-electron chi connectivity index (χ3n) is 2.32. The van der Waals surface area contributed by atoms with Gasteiger partial charge in [0.2, 0.25) is 6.41 Å². The van der Waals surface area contributed by atoms with Crippen LogP contribution in [0.15, 0.2) is 17.0 Å². The van der Waals surface area contributed by atoms with E-state index in [0.717, 1.165) is 26.9 Å². The zero-order valence-corrected chi connectivity index (χ0v) is 11.6. The van der Waals surface area contributed by atoms with E-state index in [9.17, 15) is 4.79 Å². The van der Waals surface area contributed by atoms with Gasteiger partial charge in [0.05, 0.1) is 29.3 Å². The van der Waals surface area contributed by atoms with E-state index in [1.165, 1.54) is 0 Å². The lowest BCUT2D eigenvalue weighted by Gasteiger charge is -2.15. The average Bonchev–Trinajstić information content (AvgIpc) is 2.88. The summed E-state index contributed by atoms with van der Waals surface area (Å²) < 4.78 is 0. The van der Waals surface area contributed by atoms with Gasteiger partial charge in [0.25, 0.3) is 0 Å². The maximum absolute atomic E-state index is 11.0. The normalized spacial score (nSPS) is 10.5. The molecule has 0 saturated heterocycles. The monoisotopic (exact) mass is 286 g/mol. The van der Waals surface area contributed by atoms with Gasteiger partial charge >= 0.3 is 0 Å². The van der Waals surface area contributed by atoms with Gasteiger partial charge in [-0.15, -0.1) is 22.7 Å². The van der Waals surface area contributed by atoms with Gasteiger partial charge in [-0.1, -0.05) is 11.6 Å². The van der Waals surface area contributed by atoms with Crippen LogP contribution in [0.5, 0.6) is 0 Å². The highest BCUT2D eigenvalue weighted by molar-refractivity contribution is 7.10. The Hall–Kier alpha value is -0.910. The minimum atomic E-state index is 0.595. The number of hydrogen-bond donors (Lipinski definition) is 0. The fourth-order valence-electron chi connectivity index (χ4n) is 1.43. The average molecular weight is 287 g/mol. The fraction of sp³-hybridized carbons (Fsp3) is 0.273. The molecule has 3 nitrogen and oxygen atoms in total. The van der Waals surface area contributed by atoms with E-state index in [4.69, 9.17) is 11.6 Å². The molecule has 0 aliphatic carbocycles. The number of hydrogen-bond acceptors (Lipinski definition) is 4. The highest BCUT2D eigenvalue weighted by Crippen LogP contribution is 2.22. The first-order valence-electron chi connectivity index (χ1n) is 5.00. The van der Waals surface area contributed by atoms with Gasteiger partial charge in [-0.05, 0) is 13.0 Å². The van der Waals surface area contributed by atoms with Crippen LogP contribution in [0.4, 0.5) is 0 Å². The van der Waals surface area contributed by atoms with Crippen molar-refractivity contribution in [2.45, 2.75) is 20.0 Å². The van der Waals surface area contributed by atoms with Crippen molar-refractivity contribution in [3.8, 4) is 0 Å². The van der Waals surface area contributed by atoms with Crippen LogP contribution in [0, 0.1) is 6.92 Å². The summed E-state index contributed by atoms with van der Waals surface area (Å²) in [5, 5.41) is 2.60. The van der Waals surface area contributed by atoms with Crippen molar-refractivity contribution in [3.63, 3.8) is 0 Å². The first-order chi connectivity index (χ1) is 8.19. The lowest BCUT2D eigenvalue weighted by molar-refractivity contribution is -0.119. The van der Waals surface area contributed by atoms with E-state index in [2.05, 4.69) is 4.98 Å². The minimum absolute atomic E-state index is 0.595. The van der Waals surface area contributed by atoms with Gasteiger partial charge in [0, 0.05) is 15.1 Å². The molecule has 2 heterocycles. The summed E-state index contributed by atoms with van der Waals surface area (Å²) in [6.07, 6.45) is 0.868. The molecule has 0 saturated carbocycles. The molecule has 2 aromatic heterocycles. The van der Waals surface area contributed by atoms with Crippen molar-refractivity contribution >= 4 is 40.7 Å². The second-order valence-corrected chi connectivity index (χ2v) is 5.97. The molecule has 2 aromatic rings. The molecule has 90 valence electrons. The summed E-state index contributed by atoms with van der Waals surface area (Å²) in [7, 11) is 0. The second kappa shape index (κ2) is 5.62. The molecule has 0 bridgehead atoms. The first kappa shape index (κ1) is 12.5. The fourth-order valence-corrected chi connectivity index (χ4v) is 3.33. The largest absolute Gasteiger partial charge is 0.335 e. The summed E-state index contributed by atoms with van der Waals surface area (Å²) >= 11 is 8.99. The quantitative estimate of drug-likeness (QED) is 0.790. The first-order valence-corrected chi connectivity index (χ1v) is 7.14. The van der Waals surface area contributed by atoms with Crippen LogP contribution >= 0.6 is 34.3 Å². The Kier molecular flexibility index (Phi) is 4.15. The standard InChI is InChI=1S/C11H11ClN2OS2/c1-8-11(17-6-13-8)4-14(7-15)3-10-2-9(12)5-16-10/h2,5-7H,3-4H2,1H3. The second-order valence-electron chi connectivity index (χ2n) is 3.60. The lowest BCUT2D eigenvalue weighted by atomic mass is 10.3. The third-order valence-corrected chi connectivity index (χ3v) is 4.51. The molecule has 0 fully saturated rings. The highest BCUT2D eigenvalue weighted by atomic mass is 35.5. The number of carbonyl (C=O) groups excluding carboxylic acids is 1. The van der Waals surface area contributed by atoms with Crippen LogP contribution in [0.25, 0.3) is 0 Å². The third kappa shape index (κ3) is 3.28. The zero-order valence-electron chi connectivity index (χ0n) is 9.22. The number of amides is 1. The van der Waals surface area contributed by atoms with Crippen LogP contribution in [-0.2, 0) is 17.9 Å². The van der Waals surface area contributed by atoms with Gasteiger partial charge in [-0.25, -0.2) is 4.98 Å². The number of nitrogens with zero attached hydrogens (tertiary/aromatic N) is 2. The predicted molar refractivity (Wildman–Crippen MR) is 71.5 cm³/mol. The number of aryl methyl sites for hydroxylation is 1. The molecule has 0 N–H and O–H groups in total. The minimum Gasteiger partial charge on any atom is -0.335 e. The topological polar surface area (TPSA) is 33.2 Å². The molecule has 0 spiro atoms. The Morgan fingerprint density at radius 3 is 2.82 bits per heavy atom. The van der Waals surface area contributed by atoms with E-state index in [1.807, 2.05) is 18.4 Å². The summed E-state index contributed by atoms with van der Waals surface area (Å²) in [6.45, 7) is 3.16. The molecular formula is C11H11ClN2OS2. The van der Waals surface area contributed by atoms with Gasteiger partial charge in [0.15, 0.2) is 0 Å². The maximum Gasteiger partial charge on any atom is 0.210 e. The Bertz CT molecular complexity index is 509. The Morgan fingerprint density at radius 2 is 2.29 bits per heavy atom. The molecule has 0 aromatic carbocycles. The smallest absolute Gasteiger partial charge is 0.210 e. The van der Waals surface area contributed by atoms with Crippen molar-refractivity contribution in [2.24, 2.45) is 0 Å². The Balaban J connectivity index is 2.02. The number of halogens is 1. The van der Waals surface area contributed by atoms with E-state index < -0.39 is 0 Å². The summed E-state index contributed by atoms with van der Waals surface area (Å²) in [6, 6.07) is 1.89. The van der Waals surface area contributed by atoms with Gasteiger partial charge in [-0.3, -0.25) is 4.79 Å². The molecule has 0 unspecified atom stereocenters. The van der Waals surface area contributed by atoms with Crippen molar-refractivity contribution in [1.29, 1.82) is 0 Å². The SMILES string of the molecule is Cc1ncsc1CN(C=O)Cc1cc(Cl)cs1. The van der Waals surface area contributed by atoms with E-state index in [1.54, 1.807) is 33.1 Å². The van der Waals surface area contributed by atoms with Crippen molar-refractivity contribution in [2.75, 3.05) is 0 Å². The van der Waals surface area contributed by atoms with Crippen LogP contribution in [0.1, 0.15) is 15.4 Å². The van der Waals surface area contributed by atoms with E-state index in [0.29, 0.717) is 13.1 Å². The molecule has 0 radical (unpaired) electrons. The lowest BCUT2D eigenvalue weighted by Crippen LogP contribution is -2.20. The number of rotatable bonds is 5. The van der Waals surface area contributed by atoms with Crippen LogP contribution < -0.4 is 0 Å². The molecule has 0 aliphatic rings. The number of aromatic nitrogens is 1. The summed E-state index contributed by atoms with van der Waals surface area (Å²) in [4.78, 5) is 19.1. The molecule has 2 rings (SSSR count). The Labute approximate surface area is 113 Å². The summed E-state index contributed by atoms with van der Waals surface area (Å²) in [5.74, 6) is 0. The van der Waals surface area contributed by atoms with Gasteiger partial charge in [-0.2, -0.15) is 0 Å². The van der Waals surface area contributed by atoms with E-state index >= 15 is 0 Å². The van der Waals surface area contributed by atoms with Crippen LogP contribution in [0.3, 0.4) is 0 Å². The molecule has 1 amide bonds. The van der Waals surface area contributed by atoms with Crippen LogP contribution in [-0.4, -0.2) is 16.3 Å². The number of carbonyl (C=O) groups is 1. The molecule has 17 heavy (non-hydrogen) atoms. The van der Waals surface area contributed by atoms with Gasteiger partial charge < -0.3 is 4.90 Å². The maximum atomic E-state index is 11.0. The predicted octanol–water partition coefficient (Wildman–Crippen LogP) is 3.33. The zero-order chi connectivity index (χ0) is 12.3. The number of thiophene rings is 1. The van der Waals surface area contributed by atoms with Crippen molar-refractivity contribution in [3.05, 3.63) is 37.4 Å². The molecule has 6 heteroatoms. The Morgan fingerprint density at radius 1 is 1.47 bits per heavy atom. The highest BCUT2D eigenvalue weighted by Gasteiger charge is 2.09. The van der Waals surface area contributed by atoms with Crippen molar-refractivity contribution in [1.82, 2.24) is 9.88 Å². The molecule has 0 atom stereocenters. The van der Waals surface area contributed by atoms with E-state index in [-0.39, 0.29) is 0 Å².